The Hall–Kier alpha value is -3.42. The highest BCUT2D eigenvalue weighted by Crippen LogP contribution is 2.24. The molecule has 1 fully saturated rings. The lowest BCUT2D eigenvalue weighted by Gasteiger charge is -2.35. The summed E-state index contributed by atoms with van der Waals surface area (Å²) >= 11 is 0. The fraction of sp³-hybridized carbons (Fsp3) is 0.417. The number of aromatic nitrogens is 1. The maximum Gasteiger partial charge on any atom is 0.255 e. The second-order valence-corrected chi connectivity index (χ2v) is 7.91. The zero-order valence-corrected chi connectivity index (χ0v) is 18.9. The molecule has 170 valence electrons. The van der Waals surface area contributed by atoms with E-state index in [9.17, 15) is 14.4 Å². The van der Waals surface area contributed by atoms with Crippen LogP contribution in [0.1, 0.15) is 44.0 Å². The molecule has 2 heterocycles. The van der Waals surface area contributed by atoms with Gasteiger partial charge < -0.3 is 20.4 Å². The molecular formula is C24H31N5O3. The third-order valence-electron chi connectivity index (χ3n) is 5.64. The van der Waals surface area contributed by atoms with Gasteiger partial charge >= 0.3 is 0 Å². The molecule has 8 nitrogen and oxygen atoms in total. The van der Waals surface area contributed by atoms with E-state index in [4.69, 9.17) is 0 Å². The monoisotopic (exact) mass is 437 g/mol. The van der Waals surface area contributed by atoms with Crippen molar-refractivity contribution in [2.75, 3.05) is 41.7 Å². The Morgan fingerprint density at radius 3 is 2.34 bits per heavy atom. The van der Waals surface area contributed by atoms with Crippen LogP contribution in [0, 0.1) is 5.92 Å². The van der Waals surface area contributed by atoms with Crippen LogP contribution in [0.3, 0.4) is 0 Å². The van der Waals surface area contributed by atoms with Crippen LogP contribution in [0.15, 0.2) is 42.6 Å². The molecular weight excluding hydrogens is 406 g/mol. The van der Waals surface area contributed by atoms with Gasteiger partial charge in [0.05, 0.1) is 5.92 Å². The highest BCUT2D eigenvalue weighted by Gasteiger charge is 2.29. The van der Waals surface area contributed by atoms with Crippen molar-refractivity contribution in [1.29, 1.82) is 0 Å². The van der Waals surface area contributed by atoms with Crippen molar-refractivity contribution in [2.45, 2.75) is 33.6 Å². The topological polar surface area (TPSA) is 94.6 Å². The molecule has 3 amide bonds. The first-order chi connectivity index (χ1) is 15.4. The molecule has 8 heteroatoms. The largest absolute Gasteiger partial charge is 0.356 e. The average molecular weight is 438 g/mol. The number of carbonyl (C=O) groups excluding carboxylic acids is 3. The Bertz CT molecular complexity index is 956. The number of piperidine rings is 1. The average Bonchev–Trinajstić information content (AvgIpc) is 2.81. The Labute approximate surface area is 189 Å². The van der Waals surface area contributed by atoms with Gasteiger partial charge in [0, 0.05) is 56.2 Å². The van der Waals surface area contributed by atoms with Gasteiger partial charge in [-0.05, 0) is 63.1 Å². The van der Waals surface area contributed by atoms with Gasteiger partial charge in [-0.15, -0.1) is 0 Å². The van der Waals surface area contributed by atoms with Crippen LogP contribution in [0.2, 0.25) is 0 Å². The summed E-state index contributed by atoms with van der Waals surface area (Å²) in [7, 11) is 0. The van der Waals surface area contributed by atoms with E-state index in [1.807, 2.05) is 18.7 Å². The van der Waals surface area contributed by atoms with Crippen LogP contribution in [-0.4, -0.2) is 53.8 Å². The first kappa shape index (κ1) is 23.2. The third kappa shape index (κ3) is 5.84. The number of pyridine rings is 1. The number of nitrogens with one attached hydrogen (secondary N) is 2. The predicted molar refractivity (Wildman–Crippen MR) is 126 cm³/mol. The summed E-state index contributed by atoms with van der Waals surface area (Å²) in [5.41, 5.74) is 1.80. The van der Waals surface area contributed by atoms with Crippen molar-refractivity contribution >= 4 is 34.9 Å². The van der Waals surface area contributed by atoms with Gasteiger partial charge in [-0.1, -0.05) is 0 Å². The smallest absolute Gasteiger partial charge is 0.255 e. The molecule has 0 saturated carbocycles. The summed E-state index contributed by atoms with van der Waals surface area (Å²) in [5, 5.41) is 5.56. The number of hydrogen-bond acceptors (Lipinski definition) is 5. The molecule has 1 aliphatic heterocycles. The normalized spacial score (nSPS) is 15.7. The van der Waals surface area contributed by atoms with Gasteiger partial charge in [-0.25, -0.2) is 4.98 Å². The molecule has 1 unspecified atom stereocenters. The number of rotatable bonds is 7. The SMILES string of the molecule is CCN(CC)C(=O)C1CCCN(c2cc(C(=O)Nc3ccc(NC(C)=O)cc3)ccn2)C1. The van der Waals surface area contributed by atoms with Crippen molar-refractivity contribution in [3.8, 4) is 0 Å². The molecule has 0 spiro atoms. The summed E-state index contributed by atoms with van der Waals surface area (Å²) in [4.78, 5) is 45.1. The number of anilines is 3. The minimum atomic E-state index is -0.242. The first-order valence-corrected chi connectivity index (χ1v) is 11.1. The molecule has 1 aromatic heterocycles. The number of amides is 3. The van der Waals surface area contributed by atoms with Crippen LogP contribution < -0.4 is 15.5 Å². The van der Waals surface area contributed by atoms with Crippen molar-refractivity contribution in [1.82, 2.24) is 9.88 Å². The minimum absolute atomic E-state index is 0.0509. The van der Waals surface area contributed by atoms with E-state index in [2.05, 4.69) is 20.5 Å². The van der Waals surface area contributed by atoms with Gasteiger partial charge in [0.1, 0.15) is 5.82 Å². The Balaban J connectivity index is 1.67. The fourth-order valence-corrected chi connectivity index (χ4v) is 3.96. The fourth-order valence-electron chi connectivity index (χ4n) is 3.96. The van der Waals surface area contributed by atoms with Crippen molar-refractivity contribution in [2.24, 2.45) is 5.92 Å². The molecule has 0 radical (unpaired) electrons. The standard InChI is InChI=1S/C24H31N5O3/c1-4-28(5-2)24(32)19-7-6-14-29(16-19)22-15-18(12-13-25-22)23(31)27-21-10-8-20(9-11-21)26-17(3)30/h8-13,15,19H,4-7,14,16H2,1-3H3,(H,26,30)(H,27,31). The zero-order valence-electron chi connectivity index (χ0n) is 18.9. The summed E-state index contributed by atoms with van der Waals surface area (Å²) < 4.78 is 0. The van der Waals surface area contributed by atoms with Gasteiger partial charge in [-0.2, -0.15) is 0 Å². The van der Waals surface area contributed by atoms with Crippen LogP contribution in [-0.2, 0) is 9.59 Å². The second kappa shape index (κ2) is 10.7. The van der Waals surface area contributed by atoms with E-state index < -0.39 is 0 Å². The van der Waals surface area contributed by atoms with Crippen LogP contribution in [0.4, 0.5) is 17.2 Å². The highest BCUT2D eigenvalue weighted by molar-refractivity contribution is 6.04. The summed E-state index contributed by atoms with van der Waals surface area (Å²) in [6, 6.07) is 10.4. The third-order valence-corrected chi connectivity index (χ3v) is 5.64. The predicted octanol–water partition coefficient (Wildman–Crippen LogP) is 3.38. The van der Waals surface area contributed by atoms with E-state index in [1.54, 1.807) is 42.6 Å². The molecule has 1 atom stereocenters. The molecule has 3 rings (SSSR count). The lowest BCUT2D eigenvalue weighted by molar-refractivity contribution is -0.135. The quantitative estimate of drug-likeness (QED) is 0.693. The van der Waals surface area contributed by atoms with Crippen molar-refractivity contribution in [3.63, 3.8) is 0 Å². The number of hydrogen-bond donors (Lipinski definition) is 2. The molecule has 1 aliphatic rings. The lowest BCUT2D eigenvalue weighted by Crippen LogP contribution is -2.45. The molecule has 2 aromatic rings. The van der Waals surface area contributed by atoms with Gasteiger partial charge in [-0.3, -0.25) is 14.4 Å². The summed E-state index contributed by atoms with van der Waals surface area (Å²) in [6.45, 7) is 8.29. The summed E-state index contributed by atoms with van der Waals surface area (Å²) in [5.74, 6) is 0.454. The molecule has 1 saturated heterocycles. The van der Waals surface area contributed by atoms with E-state index in [1.165, 1.54) is 6.92 Å². The second-order valence-electron chi connectivity index (χ2n) is 7.91. The van der Waals surface area contributed by atoms with Crippen LogP contribution >= 0.6 is 0 Å². The lowest BCUT2D eigenvalue weighted by atomic mass is 9.96. The van der Waals surface area contributed by atoms with Crippen molar-refractivity contribution < 1.29 is 14.4 Å². The van der Waals surface area contributed by atoms with Gasteiger partial charge in [0.25, 0.3) is 5.91 Å². The first-order valence-electron chi connectivity index (χ1n) is 11.1. The van der Waals surface area contributed by atoms with Crippen LogP contribution in [0.5, 0.6) is 0 Å². The van der Waals surface area contributed by atoms with E-state index in [-0.39, 0.29) is 23.6 Å². The van der Waals surface area contributed by atoms with E-state index >= 15 is 0 Å². The molecule has 0 bridgehead atoms. The number of nitrogens with zero attached hydrogens (tertiary/aromatic N) is 3. The Morgan fingerprint density at radius 2 is 1.72 bits per heavy atom. The van der Waals surface area contributed by atoms with Gasteiger partial charge in [0.2, 0.25) is 11.8 Å². The zero-order chi connectivity index (χ0) is 23.1. The highest BCUT2D eigenvalue weighted by atomic mass is 16.2. The van der Waals surface area contributed by atoms with E-state index in [0.717, 1.165) is 19.4 Å². The summed E-state index contributed by atoms with van der Waals surface area (Å²) in [6.07, 6.45) is 3.41. The van der Waals surface area contributed by atoms with Crippen molar-refractivity contribution in [3.05, 3.63) is 48.2 Å². The minimum Gasteiger partial charge on any atom is -0.356 e. The Morgan fingerprint density at radius 1 is 1.06 bits per heavy atom. The maximum atomic E-state index is 12.8. The van der Waals surface area contributed by atoms with Crippen LogP contribution in [0.25, 0.3) is 0 Å². The number of carbonyl (C=O) groups is 3. The molecule has 2 N–H and O–H groups in total. The van der Waals surface area contributed by atoms with E-state index in [0.29, 0.717) is 42.4 Å². The Kier molecular flexibility index (Phi) is 7.81. The maximum absolute atomic E-state index is 12.8. The number of benzene rings is 1. The molecule has 0 aliphatic carbocycles. The van der Waals surface area contributed by atoms with Gasteiger partial charge in [0.15, 0.2) is 0 Å². The molecule has 32 heavy (non-hydrogen) atoms. The molecule has 1 aromatic carbocycles.